The maximum atomic E-state index is 11.6. The zero-order chi connectivity index (χ0) is 14.9. The molecule has 1 aliphatic rings. The number of carbonyl (C=O) groups excluding carboxylic acids is 1. The molecule has 1 amide bonds. The van der Waals surface area contributed by atoms with Gasteiger partial charge in [0.15, 0.2) is 0 Å². The molecule has 0 unspecified atom stereocenters. The van der Waals surface area contributed by atoms with E-state index < -0.39 is 0 Å². The Morgan fingerprint density at radius 2 is 1.95 bits per heavy atom. The topological polar surface area (TPSA) is 44.4 Å². The number of benzene rings is 1. The molecule has 1 aromatic carbocycles. The van der Waals surface area contributed by atoms with Crippen molar-refractivity contribution in [2.24, 2.45) is 5.92 Å². The van der Waals surface area contributed by atoms with Gasteiger partial charge in [-0.05, 0) is 44.5 Å². The van der Waals surface area contributed by atoms with E-state index in [1.54, 1.807) is 0 Å². The largest absolute Gasteiger partial charge is 0.356 e. The van der Waals surface area contributed by atoms with Crippen LogP contribution in [0, 0.1) is 5.92 Å². The van der Waals surface area contributed by atoms with E-state index in [4.69, 9.17) is 0 Å². The third-order valence-electron chi connectivity index (χ3n) is 4.15. The summed E-state index contributed by atoms with van der Waals surface area (Å²) in [6.45, 7) is 4.89. The van der Waals surface area contributed by atoms with Crippen molar-refractivity contribution in [3.63, 3.8) is 0 Å². The normalized spacial score (nSPS) is 16.8. The Morgan fingerprint density at radius 1 is 1.24 bits per heavy atom. The van der Waals surface area contributed by atoms with Gasteiger partial charge >= 0.3 is 0 Å². The molecule has 21 heavy (non-hydrogen) atoms. The first-order valence-corrected chi connectivity index (χ1v) is 7.95. The summed E-state index contributed by atoms with van der Waals surface area (Å²) < 4.78 is 0. The van der Waals surface area contributed by atoms with Crippen molar-refractivity contribution in [2.45, 2.75) is 25.8 Å². The first kappa shape index (κ1) is 16.0. The Bertz CT molecular complexity index is 413. The number of hydrogen-bond acceptors (Lipinski definition) is 3. The molecule has 0 aliphatic carbocycles. The summed E-state index contributed by atoms with van der Waals surface area (Å²) in [4.78, 5) is 14.1. The van der Waals surface area contributed by atoms with Gasteiger partial charge in [0.2, 0.25) is 5.91 Å². The molecule has 0 radical (unpaired) electrons. The molecule has 1 aliphatic heterocycles. The van der Waals surface area contributed by atoms with E-state index in [0.717, 1.165) is 32.7 Å². The van der Waals surface area contributed by atoms with Gasteiger partial charge in [-0.1, -0.05) is 30.3 Å². The van der Waals surface area contributed by atoms with Crippen molar-refractivity contribution in [1.82, 2.24) is 15.5 Å². The van der Waals surface area contributed by atoms with Gasteiger partial charge in [0, 0.05) is 26.1 Å². The van der Waals surface area contributed by atoms with Crippen LogP contribution >= 0.6 is 0 Å². The Labute approximate surface area is 127 Å². The van der Waals surface area contributed by atoms with Crippen LogP contribution in [-0.2, 0) is 11.3 Å². The molecule has 0 aromatic heterocycles. The van der Waals surface area contributed by atoms with Crippen LogP contribution in [0.25, 0.3) is 0 Å². The molecular weight excluding hydrogens is 262 g/mol. The average Bonchev–Trinajstić information content (AvgIpc) is 2.53. The van der Waals surface area contributed by atoms with Crippen LogP contribution in [0.5, 0.6) is 0 Å². The summed E-state index contributed by atoms with van der Waals surface area (Å²) in [5.74, 6) is 0.798. The first-order valence-electron chi connectivity index (χ1n) is 7.95. The molecule has 2 N–H and O–H groups in total. The molecule has 4 heteroatoms. The number of amides is 1. The van der Waals surface area contributed by atoms with Crippen molar-refractivity contribution < 1.29 is 4.79 Å². The number of piperidine rings is 1. The van der Waals surface area contributed by atoms with Crippen LogP contribution in [0.2, 0.25) is 0 Å². The standard InChI is InChI=1S/C17H27N3O/c1-18-10-7-17(21)19-13-15-8-11-20(12-9-15)14-16-5-3-2-4-6-16/h2-6,15,18H,7-14H2,1H3,(H,19,21). The van der Waals surface area contributed by atoms with E-state index in [-0.39, 0.29) is 5.91 Å². The van der Waals surface area contributed by atoms with Gasteiger partial charge in [0.1, 0.15) is 0 Å². The lowest BCUT2D eigenvalue weighted by Gasteiger charge is -2.32. The minimum Gasteiger partial charge on any atom is -0.356 e. The van der Waals surface area contributed by atoms with Crippen molar-refractivity contribution >= 4 is 5.91 Å². The molecule has 2 rings (SSSR count). The van der Waals surface area contributed by atoms with Gasteiger partial charge in [-0.15, -0.1) is 0 Å². The van der Waals surface area contributed by atoms with Crippen molar-refractivity contribution in [1.29, 1.82) is 0 Å². The van der Waals surface area contributed by atoms with E-state index >= 15 is 0 Å². The molecule has 1 heterocycles. The molecule has 0 spiro atoms. The molecule has 0 atom stereocenters. The molecular formula is C17H27N3O. The quantitative estimate of drug-likeness (QED) is 0.802. The fourth-order valence-corrected chi connectivity index (χ4v) is 2.78. The second-order valence-corrected chi connectivity index (χ2v) is 5.86. The van der Waals surface area contributed by atoms with Gasteiger partial charge in [-0.3, -0.25) is 9.69 Å². The van der Waals surface area contributed by atoms with E-state index in [2.05, 4.69) is 45.9 Å². The second-order valence-electron chi connectivity index (χ2n) is 5.86. The van der Waals surface area contributed by atoms with Gasteiger partial charge in [-0.25, -0.2) is 0 Å². The SMILES string of the molecule is CNCCC(=O)NCC1CCN(Cc2ccccc2)CC1. The number of hydrogen-bond donors (Lipinski definition) is 2. The number of rotatable bonds is 7. The Hall–Kier alpha value is -1.39. The molecule has 4 nitrogen and oxygen atoms in total. The summed E-state index contributed by atoms with van der Waals surface area (Å²) in [5.41, 5.74) is 1.39. The third-order valence-corrected chi connectivity index (χ3v) is 4.15. The van der Waals surface area contributed by atoms with Crippen LogP contribution in [0.4, 0.5) is 0 Å². The number of nitrogens with zero attached hydrogens (tertiary/aromatic N) is 1. The zero-order valence-corrected chi connectivity index (χ0v) is 13.0. The van der Waals surface area contributed by atoms with E-state index in [1.165, 1.54) is 18.4 Å². The minimum atomic E-state index is 0.163. The van der Waals surface area contributed by atoms with Crippen LogP contribution in [0.1, 0.15) is 24.8 Å². The Morgan fingerprint density at radius 3 is 2.62 bits per heavy atom. The van der Waals surface area contributed by atoms with Crippen molar-refractivity contribution in [3.8, 4) is 0 Å². The highest BCUT2D eigenvalue weighted by atomic mass is 16.1. The summed E-state index contributed by atoms with van der Waals surface area (Å²) in [5, 5.41) is 6.05. The van der Waals surface area contributed by atoms with E-state index in [0.29, 0.717) is 12.3 Å². The highest BCUT2D eigenvalue weighted by molar-refractivity contribution is 5.76. The average molecular weight is 289 g/mol. The van der Waals surface area contributed by atoms with E-state index in [9.17, 15) is 4.79 Å². The lowest BCUT2D eigenvalue weighted by atomic mass is 9.96. The van der Waals surface area contributed by atoms with E-state index in [1.807, 2.05) is 7.05 Å². The smallest absolute Gasteiger partial charge is 0.221 e. The van der Waals surface area contributed by atoms with Gasteiger partial charge < -0.3 is 10.6 Å². The Kier molecular flexibility index (Phi) is 6.70. The van der Waals surface area contributed by atoms with Crippen molar-refractivity contribution in [2.75, 3.05) is 33.2 Å². The zero-order valence-electron chi connectivity index (χ0n) is 13.0. The number of likely N-dealkylation sites (tertiary alicyclic amines) is 1. The van der Waals surface area contributed by atoms with Crippen LogP contribution < -0.4 is 10.6 Å². The highest BCUT2D eigenvalue weighted by Crippen LogP contribution is 2.18. The molecule has 116 valence electrons. The summed E-state index contributed by atoms with van der Waals surface area (Å²) in [6, 6.07) is 10.6. The molecule has 0 saturated carbocycles. The monoisotopic (exact) mass is 289 g/mol. The number of nitrogens with one attached hydrogen (secondary N) is 2. The van der Waals surface area contributed by atoms with Gasteiger partial charge in [0.05, 0.1) is 0 Å². The van der Waals surface area contributed by atoms with Crippen molar-refractivity contribution in [3.05, 3.63) is 35.9 Å². The molecule has 1 aromatic rings. The first-order chi connectivity index (χ1) is 10.3. The second kappa shape index (κ2) is 8.80. The third kappa shape index (κ3) is 5.86. The predicted octanol–water partition coefficient (Wildman–Crippen LogP) is 1.62. The molecule has 1 fully saturated rings. The fraction of sp³-hybridized carbons (Fsp3) is 0.588. The molecule has 1 saturated heterocycles. The Balaban J connectivity index is 1.63. The number of carbonyl (C=O) groups is 1. The maximum absolute atomic E-state index is 11.6. The molecule has 0 bridgehead atoms. The predicted molar refractivity (Wildman–Crippen MR) is 86.0 cm³/mol. The summed E-state index contributed by atoms with van der Waals surface area (Å²) >= 11 is 0. The van der Waals surface area contributed by atoms with Crippen LogP contribution in [0.3, 0.4) is 0 Å². The fourth-order valence-electron chi connectivity index (χ4n) is 2.78. The van der Waals surface area contributed by atoms with Gasteiger partial charge in [-0.2, -0.15) is 0 Å². The summed E-state index contributed by atoms with van der Waals surface area (Å²) in [7, 11) is 1.87. The summed E-state index contributed by atoms with van der Waals surface area (Å²) in [6.07, 6.45) is 2.93. The minimum absolute atomic E-state index is 0.163. The highest BCUT2D eigenvalue weighted by Gasteiger charge is 2.19. The lowest BCUT2D eigenvalue weighted by molar-refractivity contribution is -0.121. The van der Waals surface area contributed by atoms with Crippen LogP contribution in [0.15, 0.2) is 30.3 Å². The lowest BCUT2D eigenvalue weighted by Crippen LogP contribution is -2.38. The maximum Gasteiger partial charge on any atom is 0.221 e. The van der Waals surface area contributed by atoms with Crippen LogP contribution in [-0.4, -0.2) is 44.0 Å². The van der Waals surface area contributed by atoms with Gasteiger partial charge in [0.25, 0.3) is 0 Å².